The van der Waals surface area contributed by atoms with Crippen molar-refractivity contribution in [3.05, 3.63) is 131 Å². The molecule has 51 heavy (non-hydrogen) atoms. The summed E-state index contributed by atoms with van der Waals surface area (Å²) >= 11 is 0. The molecule has 0 saturated heterocycles. The summed E-state index contributed by atoms with van der Waals surface area (Å²) in [5.74, 6) is -3.11. The standard InChI is InChI=1S/C37H32F3N5O6/c1-44-17-16-28-29(4-3-5-31(28)44)35(49)43-34(41)23-8-6-22(7-9-23)20-45(21-33(47)48)36(50)24-10-13-26(14-11-24)42-32(46)18-25-12-15-27(51-2)19-30(25)37(38,39)40/h3-17,19H,18,20-21H2,1-2H3,(H,42,46)(H,47,48)(H2,41,43,49). The van der Waals surface area contributed by atoms with Gasteiger partial charge in [0, 0.05) is 47.5 Å². The van der Waals surface area contributed by atoms with Crippen LogP contribution in [0.1, 0.15) is 43.0 Å². The van der Waals surface area contributed by atoms with Gasteiger partial charge in [-0.05, 0) is 65.7 Å². The third-order valence-electron chi connectivity index (χ3n) is 8.01. The Labute approximate surface area is 289 Å². The third kappa shape index (κ3) is 8.60. The van der Waals surface area contributed by atoms with Crippen molar-refractivity contribution in [3.63, 3.8) is 0 Å². The number of hydrogen-bond acceptors (Lipinski definition) is 5. The van der Waals surface area contributed by atoms with Crippen LogP contribution in [-0.2, 0) is 35.8 Å². The minimum absolute atomic E-state index is 0.000986. The molecule has 5 rings (SSSR count). The Hall–Kier alpha value is -6.44. The van der Waals surface area contributed by atoms with E-state index in [1.54, 1.807) is 36.4 Å². The number of rotatable bonds is 11. The van der Waals surface area contributed by atoms with Gasteiger partial charge in [0.2, 0.25) is 5.91 Å². The molecule has 3 amide bonds. The van der Waals surface area contributed by atoms with E-state index < -0.39 is 48.4 Å². The fourth-order valence-electron chi connectivity index (χ4n) is 5.44. The van der Waals surface area contributed by atoms with E-state index in [0.29, 0.717) is 16.7 Å². The maximum absolute atomic E-state index is 13.5. The first-order chi connectivity index (χ1) is 24.2. The van der Waals surface area contributed by atoms with Gasteiger partial charge < -0.3 is 30.4 Å². The normalized spacial score (nSPS) is 11.7. The van der Waals surface area contributed by atoms with Crippen LogP contribution >= 0.6 is 0 Å². The minimum Gasteiger partial charge on any atom is -0.497 e. The Morgan fingerprint density at radius 2 is 1.63 bits per heavy atom. The number of aryl methyl sites for hydroxylation is 1. The third-order valence-corrected chi connectivity index (χ3v) is 8.01. The van der Waals surface area contributed by atoms with Crippen LogP contribution in [0.25, 0.3) is 10.9 Å². The van der Waals surface area contributed by atoms with Gasteiger partial charge in [-0.15, -0.1) is 0 Å². The van der Waals surface area contributed by atoms with Gasteiger partial charge in [0.05, 0.1) is 24.7 Å². The topological polar surface area (TPSA) is 156 Å². The van der Waals surface area contributed by atoms with E-state index in [-0.39, 0.29) is 34.9 Å². The summed E-state index contributed by atoms with van der Waals surface area (Å²) in [4.78, 5) is 55.7. The van der Waals surface area contributed by atoms with Crippen LogP contribution in [0.5, 0.6) is 5.75 Å². The van der Waals surface area contributed by atoms with Crippen molar-refractivity contribution >= 4 is 46.1 Å². The number of halogens is 3. The predicted molar refractivity (Wildman–Crippen MR) is 184 cm³/mol. The molecule has 11 nitrogen and oxygen atoms in total. The van der Waals surface area contributed by atoms with E-state index in [4.69, 9.17) is 10.5 Å². The maximum Gasteiger partial charge on any atom is 0.416 e. The highest BCUT2D eigenvalue weighted by Crippen LogP contribution is 2.35. The second-order valence-electron chi connectivity index (χ2n) is 11.5. The first kappa shape index (κ1) is 35.9. The van der Waals surface area contributed by atoms with E-state index in [0.717, 1.165) is 21.9 Å². The molecule has 4 aromatic carbocycles. The lowest BCUT2D eigenvalue weighted by atomic mass is 10.0. The van der Waals surface area contributed by atoms with Crippen molar-refractivity contribution in [2.45, 2.75) is 19.1 Å². The molecule has 0 saturated carbocycles. The highest BCUT2D eigenvalue weighted by atomic mass is 19.4. The Kier molecular flexibility index (Phi) is 10.5. The summed E-state index contributed by atoms with van der Waals surface area (Å²) in [7, 11) is 3.11. The van der Waals surface area contributed by atoms with Crippen LogP contribution in [-0.4, -0.2) is 57.8 Å². The number of hydrogen-bond donors (Lipinski definition) is 3. The molecule has 1 aromatic heterocycles. The molecule has 0 radical (unpaired) electrons. The number of fused-ring (bicyclic) bond motifs is 1. The molecule has 0 unspecified atom stereocenters. The van der Waals surface area contributed by atoms with Crippen LogP contribution in [0, 0.1) is 0 Å². The Morgan fingerprint density at radius 3 is 2.27 bits per heavy atom. The fourth-order valence-corrected chi connectivity index (χ4v) is 5.44. The van der Waals surface area contributed by atoms with Crippen molar-refractivity contribution in [2.75, 3.05) is 19.0 Å². The van der Waals surface area contributed by atoms with Crippen LogP contribution < -0.4 is 15.8 Å². The van der Waals surface area contributed by atoms with Gasteiger partial charge in [-0.2, -0.15) is 18.2 Å². The average molecular weight is 700 g/mol. The van der Waals surface area contributed by atoms with Crippen molar-refractivity contribution < 1.29 is 42.2 Å². The number of alkyl halides is 3. The van der Waals surface area contributed by atoms with Crippen LogP contribution in [0.2, 0.25) is 0 Å². The monoisotopic (exact) mass is 699 g/mol. The number of aliphatic carboxylic acids is 1. The van der Waals surface area contributed by atoms with Gasteiger partial charge in [0.25, 0.3) is 11.8 Å². The Morgan fingerprint density at radius 1 is 0.941 bits per heavy atom. The number of carbonyl (C=O) groups excluding carboxylic acids is 3. The molecule has 5 aromatic rings. The average Bonchev–Trinajstić information content (AvgIpc) is 3.48. The number of nitrogens with zero attached hydrogens (tertiary/aromatic N) is 3. The van der Waals surface area contributed by atoms with Gasteiger partial charge in [0.15, 0.2) is 0 Å². The number of carboxylic acids is 1. The van der Waals surface area contributed by atoms with Crippen LogP contribution in [0.15, 0.2) is 102 Å². The number of methoxy groups -OCH3 is 1. The molecular weight excluding hydrogens is 667 g/mol. The van der Waals surface area contributed by atoms with Gasteiger partial charge in [0.1, 0.15) is 18.1 Å². The zero-order chi connectivity index (χ0) is 36.9. The number of amides is 3. The number of carboxylic acid groups (broad SMARTS) is 1. The molecule has 14 heteroatoms. The summed E-state index contributed by atoms with van der Waals surface area (Å²) in [5.41, 5.74) is 7.54. The molecule has 262 valence electrons. The lowest BCUT2D eigenvalue weighted by Crippen LogP contribution is -2.35. The Bertz CT molecular complexity index is 2140. The number of ether oxygens (including phenoxy) is 1. The van der Waals surface area contributed by atoms with Gasteiger partial charge >= 0.3 is 12.1 Å². The smallest absolute Gasteiger partial charge is 0.416 e. The van der Waals surface area contributed by atoms with Gasteiger partial charge in [-0.3, -0.25) is 19.2 Å². The highest BCUT2D eigenvalue weighted by Gasteiger charge is 2.34. The molecule has 0 bridgehead atoms. The van der Waals surface area contributed by atoms with E-state index >= 15 is 0 Å². The second kappa shape index (κ2) is 15.0. The molecule has 0 spiro atoms. The zero-order valence-corrected chi connectivity index (χ0v) is 27.4. The van der Waals surface area contributed by atoms with E-state index in [2.05, 4.69) is 10.3 Å². The summed E-state index contributed by atoms with van der Waals surface area (Å²) in [6, 6.07) is 22.5. The molecule has 0 aliphatic carbocycles. The summed E-state index contributed by atoms with van der Waals surface area (Å²) in [5, 5.41) is 12.8. The predicted octanol–water partition coefficient (Wildman–Crippen LogP) is 5.66. The quantitative estimate of drug-likeness (QED) is 0.119. The zero-order valence-electron chi connectivity index (χ0n) is 27.4. The molecule has 4 N–H and O–H groups in total. The van der Waals surface area contributed by atoms with Gasteiger partial charge in [-0.1, -0.05) is 36.4 Å². The number of aromatic nitrogens is 1. The first-order valence-corrected chi connectivity index (χ1v) is 15.4. The number of amidine groups is 1. The van der Waals surface area contributed by atoms with Crippen LogP contribution in [0.4, 0.5) is 18.9 Å². The minimum atomic E-state index is -4.70. The van der Waals surface area contributed by atoms with Crippen molar-refractivity contribution in [3.8, 4) is 5.75 Å². The molecule has 0 aliphatic rings. The van der Waals surface area contributed by atoms with Crippen molar-refractivity contribution in [1.29, 1.82) is 0 Å². The highest BCUT2D eigenvalue weighted by molar-refractivity contribution is 6.13. The van der Waals surface area contributed by atoms with E-state index in [1.807, 2.05) is 29.9 Å². The molecule has 0 fully saturated rings. The SMILES string of the molecule is COc1ccc(CC(=O)Nc2ccc(C(=O)N(CC(=O)O)Cc3ccc(C(N)=NC(=O)c4cccc5c4ccn5C)cc3)cc2)c(C(F)(F)F)c1. The van der Waals surface area contributed by atoms with Crippen molar-refractivity contribution in [2.24, 2.45) is 17.8 Å². The summed E-state index contributed by atoms with van der Waals surface area (Å²) in [6.07, 6.45) is -3.42. The molecule has 0 aliphatic heterocycles. The largest absolute Gasteiger partial charge is 0.497 e. The number of nitrogens with one attached hydrogen (secondary N) is 1. The fraction of sp³-hybridized carbons (Fsp3) is 0.162. The molecule has 0 atom stereocenters. The summed E-state index contributed by atoms with van der Waals surface area (Å²) in [6.45, 7) is -0.703. The number of aliphatic imine (C=N–C) groups is 1. The molecular formula is C37H32F3N5O6. The molecule has 1 heterocycles. The van der Waals surface area contributed by atoms with E-state index in [9.17, 15) is 37.5 Å². The van der Waals surface area contributed by atoms with Gasteiger partial charge in [-0.25, -0.2) is 0 Å². The van der Waals surface area contributed by atoms with Crippen molar-refractivity contribution in [1.82, 2.24) is 9.47 Å². The first-order valence-electron chi connectivity index (χ1n) is 15.4. The number of carbonyl (C=O) groups is 4. The lowest BCUT2D eigenvalue weighted by molar-refractivity contribution is -0.139. The Balaban J connectivity index is 1.24. The number of nitrogens with two attached hydrogens (primary N) is 1. The maximum atomic E-state index is 13.5. The number of anilines is 1. The lowest BCUT2D eigenvalue weighted by Gasteiger charge is -2.21. The second-order valence-corrected chi connectivity index (χ2v) is 11.5. The van der Waals surface area contributed by atoms with Crippen LogP contribution in [0.3, 0.4) is 0 Å². The number of benzene rings is 4. The van der Waals surface area contributed by atoms with E-state index in [1.165, 1.54) is 43.5 Å². The summed E-state index contributed by atoms with van der Waals surface area (Å²) < 4.78 is 47.4.